The van der Waals surface area contributed by atoms with Crippen molar-refractivity contribution in [3.63, 3.8) is 0 Å². The molecule has 6 heteroatoms. The Hall–Kier alpha value is -1.72. The van der Waals surface area contributed by atoms with E-state index in [9.17, 15) is 4.79 Å². The Kier molecular flexibility index (Phi) is 3.78. The molecular formula is C15H12BrClN2O2. The second-order valence-corrected chi connectivity index (χ2v) is 5.97. The lowest BCUT2D eigenvalue weighted by molar-refractivity contribution is -0.116. The maximum atomic E-state index is 12.1. The number of amides is 1. The van der Waals surface area contributed by atoms with Gasteiger partial charge in [0.2, 0.25) is 0 Å². The minimum Gasteiger partial charge on any atom is -0.495 e. The lowest BCUT2D eigenvalue weighted by Gasteiger charge is -2.14. The Morgan fingerprint density at radius 2 is 2.10 bits per heavy atom. The Bertz CT molecular complexity index is 721. The van der Waals surface area contributed by atoms with E-state index < -0.39 is 6.04 Å². The highest BCUT2D eigenvalue weighted by atomic mass is 79.9. The van der Waals surface area contributed by atoms with Crippen LogP contribution in [-0.2, 0) is 4.79 Å². The molecule has 4 nitrogen and oxygen atoms in total. The minimum atomic E-state index is -0.433. The quantitative estimate of drug-likeness (QED) is 0.854. The molecular weight excluding hydrogens is 356 g/mol. The van der Waals surface area contributed by atoms with Gasteiger partial charge < -0.3 is 15.4 Å². The molecule has 1 heterocycles. The number of carbonyl (C=O) groups is 1. The molecule has 1 aliphatic rings. The van der Waals surface area contributed by atoms with Crippen LogP contribution in [0.15, 0.2) is 40.9 Å². The fraction of sp³-hybridized carbons (Fsp3) is 0.133. The van der Waals surface area contributed by atoms with E-state index in [0.717, 1.165) is 21.4 Å². The molecule has 0 saturated carbocycles. The molecule has 3 rings (SSSR count). The number of methoxy groups -OCH3 is 1. The zero-order valence-electron chi connectivity index (χ0n) is 11.1. The van der Waals surface area contributed by atoms with Crippen molar-refractivity contribution < 1.29 is 9.53 Å². The van der Waals surface area contributed by atoms with Crippen LogP contribution in [0.2, 0.25) is 5.02 Å². The zero-order valence-corrected chi connectivity index (χ0v) is 13.5. The molecule has 1 amide bonds. The lowest BCUT2D eigenvalue weighted by Crippen LogP contribution is -2.19. The average molecular weight is 368 g/mol. The lowest BCUT2D eigenvalue weighted by atomic mass is 10.1. The van der Waals surface area contributed by atoms with E-state index in [1.54, 1.807) is 19.2 Å². The third kappa shape index (κ3) is 2.71. The van der Waals surface area contributed by atoms with Crippen molar-refractivity contribution in [1.29, 1.82) is 0 Å². The molecule has 0 radical (unpaired) electrons. The van der Waals surface area contributed by atoms with Gasteiger partial charge in [-0.05, 0) is 30.3 Å². The zero-order chi connectivity index (χ0) is 15.0. The van der Waals surface area contributed by atoms with Crippen molar-refractivity contribution in [3.8, 4) is 5.75 Å². The summed E-state index contributed by atoms with van der Waals surface area (Å²) < 4.78 is 6.04. The summed E-state index contributed by atoms with van der Waals surface area (Å²) in [6, 6.07) is 10.6. The van der Waals surface area contributed by atoms with Crippen LogP contribution in [0.5, 0.6) is 5.75 Å². The third-order valence-electron chi connectivity index (χ3n) is 3.31. The number of nitrogens with one attached hydrogen (secondary N) is 2. The van der Waals surface area contributed by atoms with E-state index in [1.165, 1.54) is 0 Å². The number of carbonyl (C=O) groups excluding carboxylic acids is 1. The summed E-state index contributed by atoms with van der Waals surface area (Å²) in [5, 5.41) is 6.54. The summed E-state index contributed by atoms with van der Waals surface area (Å²) in [6.07, 6.45) is 0. The van der Waals surface area contributed by atoms with Gasteiger partial charge in [0.15, 0.2) is 0 Å². The van der Waals surface area contributed by atoms with Crippen LogP contribution < -0.4 is 15.4 Å². The highest BCUT2D eigenvalue weighted by Gasteiger charge is 2.30. The first-order valence-corrected chi connectivity index (χ1v) is 7.46. The molecule has 0 fully saturated rings. The number of benzene rings is 2. The topological polar surface area (TPSA) is 50.4 Å². The molecule has 0 aliphatic carbocycles. The number of anilines is 2. The Morgan fingerprint density at radius 1 is 1.29 bits per heavy atom. The fourth-order valence-corrected chi connectivity index (χ4v) is 2.92. The van der Waals surface area contributed by atoms with E-state index >= 15 is 0 Å². The van der Waals surface area contributed by atoms with Crippen LogP contribution >= 0.6 is 27.5 Å². The Morgan fingerprint density at radius 3 is 2.81 bits per heavy atom. The summed E-state index contributed by atoms with van der Waals surface area (Å²) in [7, 11) is 1.56. The minimum absolute atomic E-state index is 0.0879. The molecule has 1 unspecified atom stereocenters. The maximum absolute atomic E-state index is 12.1. The Balaban J connectivity index is 1.89. The van der Waals surface area contributed by atoms with Crippen molar-refractivity contribution >= 4 is 44.8 Å². The van der Waals surface area contributed by atoms with E-state index in [2.05, 4.69) is 26.6 Å². The van der Waals surface area contributed by atoms with Crippen molar-refractivity contribution in [1.82, 2.24) is 0 Å². The molecule has 2 N–H and O–H groups in total. The molecule has 0 bridgehead atoms. The van der Waals surface area contributed by atoms with Gasteiger partial charge in [-0.1, -0.05) is 33.6 Å². The molecule has 108 valence electrons. The highest BCUT2D eigenvalue weighted by Crippen LogP contribution is 2.36. The van der Waals surface area contributed by atoms with Crippen LogP contribution in [0.1, 0.15) is 11.6 Å². The summed E-state index contributed by atoms with van der Waals surface area (Å²) in [5.74, 6) is 0.512. The van der Waals surface area contributed by atoms with Crippen LogP contribution in [0.25, 0.3) is 0 Å². The molecule has 21 heavy (non-hydrogen) atoms. The number of hydrogen-bond donors (Lipinski definition) is 2. The maximum Gasteiger partial charge on any atom is 0.251 e. The standard InChI is InChI=1S/C15H12BrClN2O2/c1-21-13-5-3-9(7-11(13)17)18-14-10-4-2-8(16)6-12(10)19-15(14)20/h2-7,14,18H,1H3,(H,19,20). The number of ether oxygens (including phenoxy) is 1. The van der Waals surface area contributed by atoms with Crippen LogP contribution in [0.3, 0.4) is 0 Å². The van der Waals surface area contributed by atoms with Crippen LogP contribution in [0.4, 0.5) is 11.4 Å². The largest absolute Gasteiger partial charge is 0.495 e. The number of rotatable bonds is 3. The van der Waals surface area contributed by atoms with Gasteiger partial charge in [-0.3, -0.25) is 4.79 Å². The van der Waals surface area contributed by atoms with Gasteiger partial charge in [-0.15, -0.1) is 0 Å². The first-order chi connectivity index (χ1) is 10.1. The monoisotopic (exact) mass is 366 g/mol. The molecule has 1 atom stereocenters. The van der Waals surface area contributed by atoms with Gasteiger partial charge in [0.1, 0.15) is 11.8 Å². The number of halogens is 2. The summed E-state index contributed by atoms with van der Waals surface area (Å²) >= 11 is 9.49. The van der Waals surface area contributed by atoms with Crippen molar-refractivity contribution in [2.24, 2.45) is 0 Å². The fourth-order valence-electron chi connectivity index (χ4n) is 2.30. The van der Waals surface area contributed by atoms with Gasteiger partial charge in [0.05, 0.1) is 12.1 Å². The van der Waals surface area contributed by atoms with Gasteiger partial charge >= 0.3 is 0 Å². The molecule has 2 aromatic rings. The van der Waals surface area contributed by atoms with E-state index in [0.29, 0.717) is 10.8 Å². The van der Waals surface area contributed by atoms with Gasteiger partial charge in [-0.25, -0.2) is 0 Å². The molecule has 0 spiro atoms. The highest BCUT2D eigenvalue weighted by molar-refractivity contribution is 9.10. The van der Waals surface area contributed by atoms with E-state index in [-0.39, 0.29) is 5.91 Å². The van der Waals surface area contributed by atoms with Gasteiger partial charge in [0.25, 0.3) is 5.91 Å². The SMILES string of the molecule is COc1ccc(NC2C(=O)Nc3cc(Br)ccc32)cc1Cl. The van der Waals surface area contributed by atoms with E-state index in [1.807, 2.05) is 24.3 Å². The van der Waals surface area contributed by atoms with Crippen molar-refractivity contribution in [2.75, 3.05) is 17.7 Å². The second-order valence-electron chi connectivity index (χ2n) is 4.65. The Labute approximate surface area is 135 Å². The summed E-state index contributed by atoms with van der Waals surface area (Å²) in [5.41, 5.74) is 2.48. The average Bonchev–Trinajstić information content (AvgIpc) is 2.74. The molecule has 1 aliphatic heterocycles. The van der Waals surface area contributed by atoms with Crippen LogP contribution in [0, 0.1) is 0 Å². The summed E-state index contributed by atoms with van der Waals surface area (Å²) in [4.78, 5) is 12.1. The second kappa shape index (κ2) is 5.58. The molecule has 2 aromatic carbocycles. The number of hydrogen-bond acceptors (Lipinski definition) is 3. The van der Waals surface area contributed by atoms with Crippen molar-refractivity contribution in [2.45, 2.75) is 6.04 Å². The van der Waals surface area contributed by atoms with Gasteiger partial charge in [-0.2, -0.15) is 0 Å². The normalized spacial score (nSPS) is 16.3. The predicted molar refractivity (Wildman–Crippen MR) is 87.1 cm³/mol. The van der Waals surface area contributed by atoms with Crippen LogP contribution in [-0.4, -0.2) is 13.0 Å². The van der Waals surface area contributed by atoms with Gasteiger partial charge in [0, 0.05) is 21.4 Å². The first-order valence-electron chi connectivity index (χ1n) is 6.29. The smallest absolute Gasteiger partial charge is 0.251 e. The van der Waals surface area contributed by atoms with Crippen molar-refractivity contribution in [3.05, 3.63) is 51.5 Å². The first kappa shape index (κ1) is 14.2. The molecule has 0 saturated heterocycles. The van der Waals surface area contributed by atoms with E-state index in [4.69, 9.17) is 16.3 Å². The number of fused-ring (bicyclic) bond motifs is 1. The predicted octanol–water partition coefficient (Wildman–Crippen LogP) is 4.22. The summed E-state index contributed by atoms with van der Waals surface area (Å²) in [6.45, 7) is 0. The molecule has 0 aromatic heterocycles. The third-order valence-corrected chi connectivity index (χ3v) is 4.10.